The highest BCUT2D eigenvalue weighted by atomic mass is 16.5. The van der Waals surface area contributed by atoms with Gasteiger partial charge >= 0.3 is 0 Å². The molecule has 0 saturated heterocycles. The molecule has 3 rings (SSSR count). The predicted octanol–water partition coefficient (Wildman–Crippen LogP) is 2.35. The fourth-order valence-electron chi connectivity index (χ4n) is 2.70. The molecule has 2 heterocycles. The fourth-order valence-corrected chi connectivity index (χ4v) is 2.70. The van der Waals surface area contributed by atoms with Crippen LogP contribution in [0.2, 0.25) is 0 Å². The van der Waals surface area contributed by atoms with Crippen LogP contribution in [0.5, 0.6) is 5.75 Å². The second-order valence-electron chi connectivity index (χ2n) is 5.86. The van der Waals surface area contributed by atoms with E-state index in [0.717, 1.165) is 35.4 Å². The van der Waals surface area contributed by atoms with Gasteiger partial charge in [0.25, 0.3) is 5.78 Å². The molecule has 0 bridgehead atoms. The molecule has 0 radical (unpaired) electrons. The van der Waals surface area contributed by atoms with E-state index in [1.165, 1.54) is 6.33 Å². The summed E-state index contributed by atoms with van der Waals surface area (Å²) in [6.07, 6.45) is 3.11. The minimum Gasteiger partial charge on any atom is -0.491 e. The number of benzene rings is 1. The minimum absolute atomic E-state index is 0.531. The monoisotopic (exact) mass is 341 g/mol. The van der Waals surface area contributed by atoms with Crippen molar-refractivity contribution in [3.05, 3.63) is 47.4 Å². The Morgan fingerprint density at radius 1 is 1.12 bits per heavy atom. The van der Waals surface area contributed by atoms with Gasteiger partial charge in [0.2, 0.25) is 0 Å². The van der Waals surface area contributed by atoms with E-state index in [9.17, 15) is 0 Å². The third kappa shape index (κ3) is 4.06. The first-order chi connectivity index (χ1) is 12.2. The number of nitrogens with zero attached hydrogens (tertiary/aromatic N) is 4. The van der Waals surface area contributed by atoms with Crippen LogP contribution in [-0.2, 0) is 11.2 Å². The summed E-state index contributed by atoms with van der Waals surface area (Å²) in [7, 11) is 0. The van der Waals surface area contributed by atoms with Crippen molar-refractivity contribution in [2.24, 2.45) is 0 Å². The minimum atomic E-state index is 0.531. The number of fused-ring (bicyclic) bond motifs is 1. The summed E-state index contributed by atoms with van der Waals surface area (Å²) in [5, 5.41) is 4.09. The second kappa shape index (κ2) is 7.94. The lowest BCUT2D eigenvalue weighted by Gasteiger charge is -2.11. The molecule has 132 valence electrons. The van der Waals surface area contributed by atoms with E-state index in [1.807, 2.05) is 38.1 Å². The van der Waals surface area contributed by atoms with Crippen LogP contribution in [0.3, 0.4) is 0 Å². The van der Waals surface area contributed by atoms with Crippen molar-refractivity contribution in [2.45, 2.75) is 26.7 Å². The van der Waals surface area contributed by atoms with E-state index in [2.05, 4.69) is 15.1 Å². The van der Waals surface area contributed by atoms with Crippen molar-refractivity contribution in [3.63, 3.8) is 0 Å². The molecule has 0 aliphatic heterocycles. The average Bonchev–Trinajstić information content (AvgIpc) is 3.06. The summed E-state index contributed by atoms with van der Waals surface area (Å²) >= 11 is 0. The topological polar surface area (TPSA) is 87.6 Å². The van der Waals surface area contributed by atoms with Crippen LogP contribution < -0.4 is 10.5 Å². The highest BCUT2D eigenvalue weighted by Crippen LogP contribution is 2.18. The van der Waals surface area contributed by atoms with Gasteiger partial charge in [-0.3, -0.25) is 0 Å². The zero-order chi connectivity index (χ0) is 17.6. The maximum absolute atomic E-state index is 6.16. The number of para-hydroxylation sites is 1. The van der Waals surface area contributed by atoms with E-state index < -0.39 is 0 Å². The second-order valence-corrected chi connectivity index (χ2v) is 5.86. The zero-order valence-electron chi connectivity index (χ0n) is 14.6. The van der Waals surface area contributed by atoms with Crippen LogP contribution in [0, 0.1) is 13.8 Å². The maximum Gasteiger partial charge on any atom is 0.254 e. The maximum atomic E-state index is 6.16. The van der Waals surface area contributed by atoms with Crippen LogP contribution in [0.4, 0.5) is 5.82 Å². The molecule has 25 heavy (non-hydrogen) atoms. The van der Waals surface area contributed by atoms with E-state index in [4.69, 9.17) is 15.2 Å². The quantitative estimate of drug-likeness (QED) is 0.633. The molecule has 0 atom stereocenters. The van der Waals surface area contributed by atoms with E-state index in [-0.39, 0.29) is 0 Å². The Labute approximate surface area is 146 Å². The highest BCUT2D eigenvalue weighted by Gasteiger charge is 2.11. The van der Waals surface area contributed by atoms with Gasteiger partial charge in [-0.05, 0) is 38.3 Å². The number of nitrogens with two attached hydrogens (primary N) is 1. The number of aromatic nitrogens is 4. The number of anilines is 1. The van der Waals surface area contributed by atoms with Crippen molar-refractivity contribution in [2.75, 3.05) is 25.6 Å². The third-order valence-electron chi connectivity index (χ3n) is 4.07. The van der Waals surface area contributed by atoms with E-state index in [1.54, 1.807) is 4.52 Å². The molecule has 0 unspecified atom stereocenters. The van der Waals surface area contributed by atoms with Gasteiger partial charge in [0, 0.05) is 17.9 Å². The Morgan fingerprint density at radius 3 is 2.80 bits per heavy atom. The first-order valence-electron chi connectivity index (χ1n) is 8.37. The van der Waals surface area contributed by atoms with Gasteiger partial charge in [-0.2, -0.15) is 14.6 Å². The van der Waals surface area contributed by atoms with Gasteiger partial charge in [0.05, 0.1) is 6.61 Å². The van der Waals surface area contributed by atoms with Crippen molar-refractivity contribution in [3.8, 4) is 5.75 Å². The first-order valence-corrected chi connectivity index (χ1v) is 8.37. The van der Waals surface area contributed by atoms with Crippen LogP contribution in [0.15, 0.2) is 30.6 Å². The number of nitrogen functional groups attached to an aromatic ring is 1. The van der Waals surface area contributed by atoms with Gasteiger partial charge in [0.1, 0.15) is 24.5 Å². The van der Waals surface area contributed by atoms with Crippen molar-refractivity contribution < 1.29 is 9.47 Å². The number of rotatable bonds is 8. The normalized spacial score (nSPS) is 11.1. The predicted molar refractivity (Wildman–Crippen MR) is 95.7 cm³/mol. The summed E-state index contributed by atoms with van der Waals surface area (Å²) in [6.45, 7) is 5.72. The standard InChI is InChI=1S/C18H23N5O2/c1-13-6-3-4-8-16(13)25-11-10-24-9-5-7-15-14(2)22-18-20-12-21-23(18)17(15)19/h3-4,6,8,12H,5,7,9-11,19H2,1-2H3. The molecule has 0 spiro atoms. The number of ether oxygens (including phenoxy) is 2. The smallest absolute Gasteiger partial charge is 0.254 e. The molecule has 2 N–H and O–H groups in total. The molecule has 7 heteroatoms. The fraction of sp³-hybridized carbons (Fsp3) is 0.389. The molecule has 3 aromatic rings. The molecule has 2 aromatic heterocycles. The van der Waals surface area contributed by atoms with Gasteiger partial charge in [0.15, 0.2) is 0 Å². The van der Waals surface area contributed by atoms with Crippen LogP contribution in [0.25, 0.3) is 5.78 Å². The Kier molecular flexibility index (Phi) is 5.45. The molecule has 0 saturated carbocycles. The highest BCUT2D eigenvalue weighted by molar-refractivity contribution is 5.49. The molecular weight excluding hydrogens is 318 g/mol. The van der Waals surface area contributed by atoms with Gasteiger partial charge < -0.3 is 15.2 Å². The largest absolute Gasteiger partial charge is 0.491 e. The van der Waals surface area contributed by atoms with Crippen LogP contribution in [-0.4, -0.2) is 39.4 Å². The third-order valence-corrected chi connectivity index (χ3v) is 4.07. The van der Waals surface area contributed by atoms with E-state index in [0.29, 0.717) is 31.4 Å². The van der Waals surface area contributed by atoms with Crippen molar-refractivity contribution in [1.29, 1.82) is 0 Å². The lowest BCUT2D eigenvalue weighted by atomic mass is 10.1. The van der Waals surface area contributed by atoms with Crippen LogP contribution in [0.1, 0.15) is 23.2 Å². The lowest BCUT2D eigenvalue weighted by molar-refractivity contribution is 0.0983. The summed E-state index contributed by atoms with van der Waals surface area (Å²) in [6, 6.07) is 7.96. The molecule has 0 amide bonds. The van der Waals surface area contributed by atoms with Crippen LogP contribution >= 0.6 is 0 Å². The lowest BCUT2D eigenvalue weighted by Crippen LogP contribution is -2.11. The molecule has 1 aromatic carbocycles. The van der Waals surface area contributed by atoms with Gasteiger partial charge in [-0.1, -0.05) is 18.2 Å². The number of hydrogen-bond acceptors (Lipinski definition) is 6. The van der Waals surface area contributed by atoms with E-state index >= 15 is 0 Å². The molecule has 7 nitrogen and oxygen atoms in total. The Bertz CT molecular complexity index is 847. The van der Waals surface area contributed by atoms with Crippen molar-refractivity contribution in [1.82, 2.24) is 19.6 Å². The summed E-state index contributed by atoms with van der Waals surface area (Å²) in [5.74, 6) is 2.04. The Balaban J connectivity index is 1.41. The SMILES string of the molecule is Cc1ccccc1OCCOCCCc1c(C)nc2ncnn2c1N. The average molecular weight is 341 g/mol. The molecular formula is C18H23N5O2. The Hall–Kier alpha value is -2.67. The van der Waals surface area contributed by atoms with Gasteiger partial charge in [-0.15, -0.1) is 0 Å². The number of hydrogen-bond donors (Lipinski definition) is 1. The Morgan fingerprint density at radius 2 is 1.96 bits per heavy atom. The summed E-state index contributed by atoms with van der Waals surface area (Å²) < 4.78 is 12.9. The zero-order valence-corrected chi connectivity index (χ0v) is 14.6. The van der Waals surface area contributed by atoms with Crippen molar-refractivity contribution >= 4 is 11.6 Å². The molecule has 0 aliphatic rings. The number of aryl methyl sites for hydroxylation is 2. The molecule has 0 fully saturated rings. The molecule has 0 aliphatic carbocycles. The summed E-state index contributed by atoms with van der Waals surface area (Å²) in [4.78, 5) is 8.48. The summed E-state index contributed by atoms with van der Waals surface area (Å²) in [5.41, 5.74) is 9.18. The van der Waals surface area contributed by atoms with Gasteiger partial charge in [-0.25, -0.2) is 4.98 Å². The first kappa shape index (κ1) is 17.2.